The van der Waals surface area contributed by atoms with Crippen molar-refractivity contribution in [2.75, 3.05) is 39.9 Å². The lowest BCUT2D eigenvalue weighted by Crippen LogP contribution is -2.30. The third-order valence-electron chi connectivity index (χ3n) is 3.98. The van der Waals surface area contributed by atoms with Crippen LogP contribution < -0.4 is 5.32 Å². The number of nitrogens with zero attached hydrogens (tertiary/aromatic N) is 1. The van der Waals surface area contributed by atoms with E-state index >= 15 is 0 Å². The van der Waals surface area contributed by atoms with E-state index in [9.17, 15) is 0 Å². The Bertz CT molecular complexity index is 199. The molecule has 0 aromatic rings. The van der Waals surface area contributed by atoms with Crippen LogP contribution in [0.15, 0.2) is 0 Å². The van der Waals surface area contributed by atoms with Gasteiger partial charge in [0.15, 0.2) is 0 Å². The minimum absolute atomic E-state index is 0.724. The van der Waals surface area contributed by atoms with Gasteiger partial charge in [-0.05, 0) is 57.7 Å². The summed E-state index contributed by atoms with van der Waals surface area (Å²) >= 11 is 0. The summed E-state index contributed by atoms with van der Waals surface area (Å²) < 4.78 is 5.24. The second-order valence-electron chi connectivity index (χ2n) is 5.61. The van der Waals surface area contributed by atoms with E-state index < -0.39 is 0 Å². The summed E-state index contributed by atoms with van der Waals surface area (Å²) in [5.74, 6) is 0.773. The molecular formula is C15H32N2O. The average Bonchev–Trinajstić information content (AvgIpc) is 2.82. The van der Waals surface area contributed by atoms with Crippen molar-refractivity contribution >= 4 is 0 Å². The van der Waals surface area contributed by atoms with Crippen LogP contribution >= 0.6 is 0 Å². The fraction of sp³-hybridized carbons (Fsp3) is 1.00. The van der Waals surface area contributed by atoms with Crippen LogP contribution in [0.25, 0.3) is 0 Å². The first-order valence-corrected chi connectivity index (χ1v) is 7.74. The van der Waals surface area contributed by atoms with E-state index in [-0.39, 0.29) is 0 Å². The van der Waals surface area contributed by atoms with E-state index in [4.69, 9.17) is 4.74 Å². The van der Waals surface area contributed by atoms with Crippen LogP contribution in [0.2, 0.25) is 0 Å². The molecule has 0 aromatic heterocycles. The molecule has 1 fully saturated rings. The van der Waals surface area contributed by atoms with Gasteiger partial charge in [-0.15, -0.1) is 0 Å². The van der Waals surface area contributed by atoms with Crippen LogP contribution in [0.1, 0.15) is 46.0 Å². The number of hydrogen-bond donors (Lipinski definition) is 1. The smallest absolute Gasteiger partial charge is 0.0503 e. The highest BCUT2D eigenvalue weighted by Crippen LogP contribution is 2.17. The van der Waals surface area contributed by atoms with Gasteiger partial charge in [0, 0.05) is 19.7 Å². The van der Waals surface area contributed by atoms with Crippen molar-refractivity contribution in [1.29, 1.82) is 0 Å². The van der Waals surface area contributed by atoms with E-state index in [0.717, 1.165) is 25.1 Å². The summed E-state index contributed by atoms with van der Waals surface area (Å²) in [5.41, 5.74) is 0. The number of methoxy groups -OCH3 is 1. The van der Waals surface area contributed by atoms with Crippen LogP contribution in [-0.4, -0.2) is 50.8 Å². The average molecular weight is 256 g/mol. The molecular weight excluding hydrogens is 224 g/mol. The summed E-state index contributed by atoms with van der Waals surface area (Å²) in [6.07, 6.45) is 6.46. The van der Waals surface area contributed by atoms with Crippen LogP contribution in [0.4, 0.5) is 0 Å². The van der Waals surface area contributed by atoms with E-state index in [1.165, 1.54) is 51.7 Å². The van der Waals surface area contributed by atoms with Crippen molar-refractivity contribution in [2.24, 2.45) is 5.92 Å². The number of hydrogen-bond acceptors (Lipinski definition) is 3. The standard InChI is InChI=1S/C15H32N2O/c1-4-9-16-15(5-2)7-6-10-17-11-8-14(12-17)13-18-3/h14-16H,4-13H2,1-3H3. The van der Waals surface area contributed by atoms with Crippen LogP contribution in [0.3, 0.4) is 0 Å². The molecule has 0 saturated carbocycles. The molecule has 18 heavy (non-hydrogen) atoms. The van der Waals surface area contributed by atoms with Crippen molar-refractivity contribution in [1.82, 2.24) is 10.2 Å². The molecule has 0 spiro atoms. The topological polar surface area (TPSA) is 24.5 Å². The summed E-state index contributed by atoms with van der Waals surface area (Å²) in [4.78, 5) is 2.61. The number of ether oxygens (including phenoxy) is 1. The summed E-state index contributed by atoms with van der Waals surface area (Å²) in [6, 6.07) is 0.724. The largest absolute Gasteiger partial charge is 0.384 e. The second kappa shape index (κ2) is 9.76. The maximum absolute atomic E-state index is 5.24. The predicted octanol–water partition coefficient (Wildman–Crippen LogP) is 2.51. The Hall–Kier alpha value is -0.120. The van der Waals surface area contributed by atoms with Gasteiger partial charge in [0.1, 0.15) is 0 Å². The Morgan fingerprint density at radius 3 is 2.89 bits per heavy atom. The molecule has 1 saturated heterocycles. The van der Waals surface area contributed by atoms with Crippen molar-refractivity contribution in [3.8, 4) is 0 Å². The van der Waals surface area contributed by atoms with Gasteiger partial charge < -0.3 is 15.0 Å². The van der Waals surface area contributed by atoms with Crippen molar-refractivity contribution < 1.29 is 4.74 Å². The van der Waals surface area contributed by atoms with Gasteiger partial charge in [0.25, 0.3) is 0 Å². The highest BCUT2D eigenvalue weighted by Gasteiger charge is 2.21. The Kier molecular flexibility index (Phi) is 8.64. The van der Waals surface area contributed by atoms with Gasteiger partial charge >= 0.3 is 0 Å². The number of nitrogens with one attached hydrogen (secondary N) is 1. The van der Waals surface area contributed by atoms with Gasteiger partial charge in [0.2, 0.25) is 0 Å². The van der Waals surface area contributed by atoms with Gasteiger partial charge in [-0.3, -0.25) is 0 Å². The lowest BCUT2D eigenvalue weighted by molar-refractivity contribution is 0.153. The number of likely N-dealkylation sites (tertiary alicyclic amines) is 1. The minimum Gasteiger partial charge on any atom is -0.384 e. The first-order valence-electron chi connectivity index (χ1n) is 7.74. The molecule has 3 heteroatoms. The highest BCUT2D eigenvalue weighted by molar-refractivity contribution is 4.76. The van der Waals surface area contributed by atoms with E-state index in [2.05, 4.69) is 24.1 Å². The third kappa shape index (κ3) is 6.17. The second-order valence-corrected chi connectivity index (χ2v) is 5.61. The molecule has 1 aliphatic rings. The molecule has 1 aliphatic heterocycles. The molecule has 0 aliphatic carbocycles. The van der Waals surface area contributed by atoms with Crippen molar-refractivity contribution in [3.05, 3.63) is 0 Å². The number of rotatable bonds is 10. The Labute approximate surface area is 113 Å². The monoisotopic (exact) mass is 256 g/mol. The highest BCUT2D eigenvalue weighted by atomic mass is 16.5. The zero-order valence-corrected chi connectivity index (χ0v) is 12.6. The molecule has 0 radical (unpaired) electrons. The van der Waals surface area contributed by atoms with Crippen LogP contribution in [0.5, 0.6) is 0 Å². The summed E-state index contributed by atoms with van der Waals surface area (Å²) in [6.45, 7) is 10.4. The fourth-order valence-corrected chi connectivity index (χ4v) is 2.85. The zero-order valence-electron chi connectivity index (χ0n) is 12.6. The first-order chi connectivity index (χ1) is 8.80. The van der Waals surface area contributed by atoms with Gasteiger partial charge in [0.05, 0.1) is 6.61 Å². The minimum atomic E-state index is 0.724. The molecule has 0 aromatic carbocycles. The van der Waals surface area contributed by atoms with Crippen LogP contribution in [0, 0.1) is 5.92 Å². The van der Waals surface area contributed by atoms with E-state index in [1.807, 2.05) is 7.11 Å². The third-order valence-corrected chi connectivity index (χ3v) is 3.98. The molecule has 2 atom stereocenters. The van der Waals surface area contributed by atoms with E-state index in [0.29, 0.717) is 0 Å². The Morgan fingerprint density at radius 2 is 2.22 bits per heavy atom. The molecule has 2 unspecified atom stereocenters. The van der Waals surface area contributed by atoms with E-state index in [1.54, 1.807) is 0 Å². The molecule has 0 bridgehead atoms. The fourth-order valence-electron chi connectivity index (χ4n) is 2.85. The van der Waals surface area contributed by atoms with Crippen molar-refractivity contribution in [2.45, 2.75) is 52.0 Å². The Morgan fingerprint density at radius 1 is 1.39 bits per heavy atom. The van der Waals surface area contributed by atoms with Crippen molar-refractivity contribution in [3.63, 3.8) is 0 Å². The summed E-state index contributed by atoms with van der Waals surface area (Å²) in [7, 11) is 1.81. The molecule has 1 heterocycles. The lowest BCUT2D eigenvalue weighted by Gasteiger charge is -2.19. The molecule has 3 nitrogen and oxygen atoms in total. The zero-order chi connectivity index (χ0) is 13.2. The normalized spacial score (nSPS) is 22.5. The molecule has 0 amide bonds. The van der Waals surface area contributed by atoms with Gasteiger partial charge in [-0.2, -0.15) is 0 Å². The molecule has 1 rings (SSSR count). The Balaban J connectivity index is 2.06. The lowest BCUT2D eigenvalue weighted by atomic mass is 10.1. The van der Waals surface area contributed by atoms with Crippen LogP contribution in [-0.2, 0) is 4.74 Å². The molecule has 1 N–H and O–H groups in total. The summed E-state index contributed by atoms with van der Waals surface area (Å²) in [5, 5.41) is 3.64. The first kappa shape index (κ1) is 15.9. The maximum atomic E-state index is 5.24. The molecule has 108 valence electrons. The predicted molar refractivity (Wildman–Crippen MR) is 78.0 cm³/mol. The quantitative estimate of drug-likeness (QED) is 0.650. The van der Waals surface area contributed by atoms with Gasteiger partial charge in [-0.1, -0.05) is 13.8 Å². The maximum Gasteiger partial charge on any atom is 0.0503 e. The van der Waals surface area contributed by atoms with Gasteiger partial charge in [-0.25, -0.2) is 0 Å². The SMILES string of the molecule is CCCNC(CC)CCCN1CCC(COC)C1.